The minimum absolute atomic E-state index is 0.307. The number of nitrogens with one attached hydrogen (secondary N) is 1. The fourth-order valence-corrected chi connectivity index (χ4v) is 4.45. The summed E-state index contributed by atoms with van der Waals surface area (Å²) in [6.45, 7) is 7.81. The first-order valence-electron chi connectivity index (χ1n) is 13.4. The van der Waals surface area contributed by atoms with Crippen molar-refractivity contribution in [3.05, 3.63) is 113 Å². The molecule has 0 radical (unpaired) electrons. The lowest BCUT2D eigenvalue weighted by molar-refractivity contribution is -0.124. The third kappa shape index (κ3) is 5.76. The Balaban J connectivity index is 1.47. The molecule has 0 aliphatic carbocycles. The number of para-hydroxylation sites is 1. The topological polar surface area (TPSA) is 81.2 Å². The summed E-state index contributed by atoms with van der Waals surface area (Å²) in [7, 11) is 0. The van der Waals surface area contributed by atoms with E-state index in [0.29, 0.717) is 28.7 Å². The van der Waals surface area contributed by atoms with Crippen LogP contribution in [0.5, 0.6) is 0 Å². The normalized spacial score (nSPS) is 11.7. The number of amides is 1. The van der Waals surface area contributed by atoms with E-state index in [1.807, 2.05) is 88.4 Å². The number of carbonyl (C=O) groups is 2. The van der Waals surface area contributed by atoms with E-state index in [9.17, 15) is 9.59 Å². The van der Waals surface area contributed by atoms with E-state index < -0.39 is 12.1 Å². The van der Waals surface area contributed by atoms with Crippen LogP contribution in [0.2, 0.25) is 0 Å². The molecule has 1 aromatic heterocycles. The monoisotopic (exact) mass is 529 g/mol. The lowest BCUT2D eigenvalue weighted by Crippen LogP contribution is -2.32. The molecule has 5 rings (SSSR count). The SMILES string of the molecule is CCC(OC(=O)c1ccc2nc(-c3ccc(C)cc3)c(-c3ccc(C)cc3)nc2c1)C(=O)Nc1ccccc1C. The van der Waals surface area contributed by atoms with Crippen molar-refractivity contribution in [1.82, 2.24) is 9.97 Å². The number of nitrogens with zero attached hydrogens (tertiary/aromatic N) is 2. The highest BCUT2D eigenvalue weighted by atomic mass is 16.5. The summed E-state index contributed by atoms with van der Waals surface area (Å²) >= 11 is 0. The summed E-state index contributed by atoms with van der Waals surface area (Å²) in [6, 6.07) is 28.9. The van der Waals surface area contributed by atoms with Crippen molar-refractivity contribution in [2.45, 2.75) is 40.2 Å². The van der Waals surface area contributed by atoms with Crippen LogP contribution in [0.1, 0.15) is 40.4 Å². The van der Waals surface area contributed by atoms with Gasteiger partial charge in [0, 0.05) is 16.8 Å². The molecular weight excluding hydrogens is 498 g/mol. The summed E-state index contributed by atoms with van der Waals surface area (Å²) in [4.78, 5) is 36.0. The maximum Gasteiger partial charge on any atom is 0.338 e. The number of aryl methyl sites for hydroxylation is 3. The van der Waals surface area contributed by atoms with E-state index in [1.165, 1.54) is 0 Å². The first-order valence-corrected chi connectivity index (χ1v) is 13.4. The Labute approximate surface area is 234 Å². The van der Waals surface area contributed by atoms with Crippen molar-refractivity contribution < 1.29 is 14.3 Å². The second-order valence-electron chi connectivity index (χ2n) is 9.96. The summed E-state index contributed by atoms with van der Waals surface area (Å²) in [5.74, 6) is -0.954. The number of fused-ring (bicyclic) bond motifs is 1. The number of ether oxygens (including phenoxy) is 1. The zero-order valence-corrected chi connectivity index (χ0v) is 23.1. The predicted octanol–water partition coefficient (Wildman–Crippen LogP) is 7.46. The predicted molar refractivity (Wildman–Crippen MR) is 159 cm³/mol. The van der Waals surface area contributed by atoms with E-state index in [1.54, 1.807) is 18.2 Å². The molecular formula is C34H31N3O3. The van der Waals surface area contributed by atoms with Gasteiger partial charge in [-0.15, -0.1) is 0 Å². The second kappa shape index (κ2) is 11.5. The highest BCUT2D eigenvalue weighted by Crippen LogP contribution is 2.32. The second-order valence-corrected chi connectivity index (χ2v) is 9.96. The summed E-state index contributed by atoms with van der Waals surface area (Å²) < 4.78 is 5.64. The molecule has 200 valence electrons. The number of anilines is 1. The van der Waals surface area contributed by atoms with Crippen LogP contribution in [0.3, 0.4) is 0 Å². The molecule has 0 saturated carbocycles. The number of rotatable bonds is 7. The zero-order valence-electron chi connectivity index (χ0n) is 23.1. The minimum Gasteiger partial charge on any atom is -0.449 e. The Morgan fingerprint density at radius 1 is 0.750 bits per heavy atom. The van der Waals surface area contributed by atoms with Crippen LogP contribution in [0, 0.1) is 20.8 Å². The Morgan fingerprint density at radius 3 is 1.90 bits per heavy atom. The molecule has 0 aliphatic heterocycles. The molecule has 1 N–H and O–H groups in total. The quantitative estimate of drug-likeness (QED) is 0.221. The van der Waals surface area contributed by atoms with Gasteiger partial charge < -0.3 is 10.1 Å². The summed E-state index contributed by atoms with van der Waals surface area (Å²) in [6.07, 6.45) is -0.588. The highest BCUT2D eigenvalue weighted by Gasteiger charge is 2.23. The fourth-order valence-electron chi connectivity index (χ4n) is 4.45. The average Bonchev–Trinajstić information content (AvgIpc) is 2.96. The van der Waals surface area contributed by atoms with Gasteiger partial charge in [-0.1, -0.05) is 84.8 Å². The standard InChI is InChI=1S/C34H31N3O3/c1-5-30(33(38)37-27-9-7-6-8-23(27)4)40-34(39)26-18-19-28-29(20-26)36-32(25-16-12-22(3)13-17-25)31(35-28)24-14-10-21(2)11-15-24/h6-20,30H,5H2,1-4H3,(H,37,38). The largest absolute Gasteiger partial charge is 0.449 e. The van der Waals surface area contributed by atoms with Crippen molar-refractivity contribution in [2.75, 3.05) is 5.32 Å². The Morgan fingerprint density at radius 2 is 1.32 bits per heavy atom. The average molecular weight is 530 g/mol. The fraction of sp³-hybridized carbons (Fsp3) is 0.176. The van der Waals surface area contributed by atoms with Crippen molar-refractivity contribution in [2.24, 2.45) is 0 Å². The minimum atomic E-state index is -0.930. The number of carbonyl (C=O) groups excluding carboxylic acids is 2. The molecule has 0 saturated heterocycles. The Kier molecular flexibility index (Phi) is 7.69. The summed E-state index contributed by atoms with van der Waals surface area (Å²) in [5.41, 5.74) is 8.86. The first-order chi connectivity index (χ1) is 19.3. The van der Waals surface area contributed by atoms with E-state index in [-0.39, 0.29) is 5.91 Å². The lowest BCUT2D eigenvalue weighted by atomic mass is 10.0. The van der Waals surface area contributed by atoms with Gasteiger partial charge in [0.2, 0.25) is 0 Å². The molecule has 4 aromatic carbocycles. The zero-order chi connectivity index (χ0) is 28.2. The molecule has 5 aromatic rings. The third-order valence-electron chi connectivity index (χ3n) is 6.87. The Bertz CT molecular complexity index is 1690. The van der Waals surface area contributed by atoms with Gasteiger partial charge in [0.05, 0.1) is 28.0 Å². The molecule has 1 amide bonds. The van der Waals surface area contributed by atoms with Crippen molar-refractivity contribution in [1.29, 1.82) is 0 Å². The van der Waals surface area contributed by atoms with Crippen LogP contribution in [-0.2, 0) is 9.53 Å². The van der Waals surface area contributed by atoms with Crippen molar-refractivity contribution in [3.63, 3.8) is 0 Å². The molecule has 0 bridgehead atoms. The van der Waals surface area contributed by atoms with E-state index >= 15 is 0 Å². The van der Waals surface area contributed by atoms with Gasteiger partial charge in [0.1, 0.15) is 0 Å². The lowest BCUT2D eigenvalue weighted by Gasteiger charge is -2.17. The molecule has 1 atom stereocenters. The smallest absolute Gasteiger partial charge is 0.338 e. The molecule has 40 heavy (non-hydrogen) atoms. The Hall–Kier alpha value is -4.84. The first kappa shape index (κ1) is 26.8. The maximum atomic E-state index is 13.1. The number of benzene rings is 4. The van der Waals surface area contributed by atoms with Crippen LogP contribution >= 0.6 is 0 Å². The maximum absolute atomic E-state index is 13.1. The van der Waals surface area contributed by atoms with Gasteiger partial charge >= 0.3 is 5.97 Å². The number of hydrogen-bond donors (Lipinski definition) is 1. The number of hydrogen-bond acceptors (Lipinski definition) is 5. The van der Waals surface area contributed by atoms with Gasteiger partial charge in [-0.25, -0.2) is 14.8 Å². The molecule has 0 fully saturated rings. The van der Waals surface area contributed by atoms with Gasteiger partial charge in [-0.2, -0.15) is 0 Å². The van der Waals surface area contributed by atoms with Crippen LogP contribution in [0.15, 0.2) is 91.0 Å². The molecule has 0 aliphatic rings. The van der Waals surface area contributed by atoms with Crippen molar-refractivity contribution in [3.8, 4) is 22.5 Å². The molecule has 1 heterocycles. The van der Waals surface area contributed by atoms with Gasteiger partial charge in [0.15, 0.2) is 6.10 Å². The molecule has 1 unspecified atom stereocenters. The van der Waals surface area contributed by atoms with Gasteiger partial charge in [-0.3, -0.25) is 4.79 Å². The third-order valence-corrected chi connectivity index (χ3v) is 6.87. The van der Waals surface area contributed by atoms with E-state index in [0.717, 1.165) is 39.2 Å². The molecule has 6 heteroatoms. The highest BCUT2D eigenvalue weighted by molar-refractivity contribution is 5.99. The van der Waals surface area contributed by atoms with E-state index in [2.05, 4.69) is 17.4 Å². The number of aromatic nitrogens is 2. The van der Waals surface area contributed by atoms with Crippen LogP contribution in [0.4, 0.5) is 5.69 Å². The van der Waals surface area contributed by atoms with Crippen molar-refractivity contribution >= 4 is 28.6 Å². The van der Waals surface area contributed by atoms with Gasteiger partial charge in [0.25, 0.3) is 5.91 Å². The van der Waals surface area contributed by atoms with Crippen LogP contribution < -0.4 is 5.32 Å². The van der Waals surface area contributed by atoms with E-state index in [4.69, 9.17) is 14.7 Å². The molecule has 0 spiro atoms. The summed E-state index contributed by atoms with van der Waals surface area (Å²) in [5, 5.41) is 2.86. The van der Waals surface area contributed by atoms with Gasteiger partial charge in [-0.05, 0) is 57.0 Å². The van der Waals surface area contributed by atoms with Crippen LogP contribution in [-0.4, -0.2) is 27.9 Å². The molecule has 6 nitrogen and oxygen atoms in total. The number of esters is 1. The van der Waals surface area contributed by atoms with Crippen LogP contribution in [0.25, 0.3) is 33.5 Å².